The fraction of sp³-hybridized carbons (Fsp3) is 0.609. The van der Waals surface area contributed by atoms with E-state index in [2.05, 4.69) is 0 Å². The Bertz CT molecular complexity index is 826. The highest BCUT2D eigenvalue weighted by molar-refractivity contribution is 6.21. The molecule has 0 aromatic heterocycles. The van der Waals surface area contributed by atoms with Gasteiger partial charge in [0.1, 0.15) is 5.75 Å². The van der Waals surface area contributed by atoms with Crippen molar-refractivity contribution in [3.05, 3.63) is 24.3 Å². The van der Waals surface area contributed by atoms with E-state index < -0.39 is 5.54 Å². The number of ether oxygens (including phenoxy) is 1. The van der Waals surface area contributed by atoms with Crippen molar-refractivity contribution in [3.63, 3.8) is 0 Å². The quantitative estimate of drug-likeness (QED) is 0.488. The van der Waals surface area contributed by atoms with E-state index in [1.165, 1.54) is 16.2 Å². The van der Waals surface area contributed by atoms with Gasteiger partial charge in [-0.2, -0.15) is 0 Å². The number of primary amides is 1. The first kappa shape index (κ1) is 21.8. The molecule has 8 heteroatoms. The van der Waals surface area contributed by atoms with E-state index in [1.54, 1.807) is 24.3 Å². The molecule has 3 saturated heterocycles. The Kier molecular flexibility index (Phi) is 6.29. The maximum atomic E-state index is 13.2. The fourth-order valence-corrected chi connectivity index (χ4v) is 5.66. The summed E-state index contributed by atoms with van der Waals surface area (Å²) in [6, 6.07) is 6.69. The number of hydrogen-bond acceptors (Lipinski definition) is 4. The Morgan fingerprint density at radius 1 is 1.10 bits per heavy atom. The summed E-state index contributed by atoms with van der Waals surface area (Å²) in [5.74, 6) is 0.181. The lowest BCUT2D eigenvalue weighted by molar-refractivity contribution is -0.978. The zero-order valence-electron chi connectivity index (χ0n) is 18.3. The van der Waals surface area contributed by atoms with Gasteiger partial charge >= 0.3 is 0 Å². The van der Waals surface area contributed by atoms with Gasteiger partial charge in [-0.3, -0.25) is 14.4 Å². The number of hydrogen-bond donors (Lipinski definition) is 3. The predicted molar refractivity (Wildman–Crippen MR) is 115 cm³/mol. The van der Waals surface area contributed by atoms with E-state index in [1.807, 2.05) is 6.92 Å². The Labute approximate surface area is 183 Å². The number of likely N-dealkylation sites (tertiary alicyclic amines) is 2. The Morgan fingerprint density at radius 3 is 2.32 bits per heavy atom. The van der Waals surface area contributed by atoms with Crippen molar-refractivity contribution in [3.8, 4) is 5.75 Å². The smallest absolute Gasteiger partial charge is 0.292 e. The second-order valence-electron chi connectivity index (χ2n) is 9.02. The summed E-state index contributed by atoms with van der Waals surface area (Å²) >= 11 is 0. The molecular weight excluding hydrogens is 396 g/mol. The summed E-state index contributed by atoms with van der Waals surface area (Å²) in [4.78, 5) is 42.1. The summed E-state index contributed by atoms with van der Waals surface area (Å²) in [6.45, 7) is 5.83. The monoisotopic (exact) mass is 430 g/mol. The summed E-state index contributed by atoms with van der Waals surface area (Å²) < 4.78 is 5.45. The van der Waals surface area contributed by atoms with Crippen LogP contribution in [0.15, 0.2) is 24.3 Å². The SMILES string of the molecule is CCOc1ccc(N2C(=O)C[C@@H]([NH+]3CCC(C(N)=O)([NH+]4CCCCC4)CC3)C2=O)cc1. The van der Waals surface area contributed by atoms with Gasteiger partial charge in [0.15, 0.2) is 11.6 Å². The topological polar surface area (TPSA) is 98.6 Å². The van der Waals surface area contributed by atoms with E-state index in [-0.39, 0.29) is 30.2 Å². The third kappa shape index (κ3) is 4.06. The average Bonchev–Trinajstić information content (AvgIpc) is 3.09. The number of piperidine rings is 2. The van der Waals surface area contributed by atoms with Crippen molar-refractivity contribution < 1.29 is 28.9 Å². The van der Waals surface area contributed by atoms with Crippen LogP contribution in [0.5, 0.6) is 5.75 Å². The van der Waals surface area contributed by atoms with E-state index in [4.69, 9.17) is 10.5 Å². The largest absolute Gasteiger partial charge is 0.494 e. The molecule has 3 aliphatic heterocycles. The minimum atomic E-state index is -0.523. The Balaban J connectivity index is 1.44. The molecule has 0 radical (unpaired) electrons. The molecule has 0 bridgehead atoms. The van der Waals surface area contributed by atoms with Crippen LogP contribution in [-0.4, -0.2) is 62.1 Å². The third-order valence-electron chi connectivity index (χ3n) is 7.40. The Morgan fingerprint density at radius 2 is 1.74 bits per heavy atom. The number of nitrogens with two attached hydrogens (primary N) is 1. The predicted octanol–water partition coefficient (Wildman–Crippen LogP) is -1.31. The lowest BCUT2D eigenvalue weighted by atomic mass is 9.83. The van der Waals surface area contributed by atoms with Gasteiger partial charge in [-0.05, 0) is 50.5 Å². The molecule has 4 N–H and O–H groups in total. The number of anilines is 1. The third-order valence-corrected chi connectivity index (χ3v) is 7.40. The van der Waals surface area contributed by atoms with Crippen LogP contribution in [-0.2, 0) is 14.4 Å². The van der Waals surface area contributed by atoms with E-state index in [9.17, 15) is 14.4 Å². The minimum absolute atomic E-state index is 0.152. The molecule has 0 aliphatic carbocycles. The van der Waals surface area contributed by atoms with E-state index in [0.29, 0.717) is 44.0 Å². The van der Waals surface area contributed by atoms with Crippen molar-refractivity contribution in [1.29, 1.82) is 0 Å². The van der Waals surface area contributed by atoms with Gasteiger partial charge in [-0.15, -0.1) is 0 Å². The van der Waals surface area contributed by atoms with Crippen LogP contribution in [0.25, 0.3) is 0 Å². The molecule has 0 spiro atoms. The summed E-state index contributed by atoms with van der Waals surface area (Å²) in [7, 11) is 0. The molecule has 8 nitrogen and oxygen atoms in total. The highest BCUT2D eigenvalue weighted by atomic mass is 16.5. The average molecular weight is 431 g/mol. The summed E-state index contributed by atoms with van der Waals surface area (Å²) in [5.41, 5.74) is 5.97. The first-order valence-electron chi connectivity index (χ1n) is 11.6. The molecule has 3 amide bonds. The summed E-state index contributed by atoms with van der Waals surface area (Å²) in [5, 5.41) is 0. The van der Waals surface area contributed by atoms with Gasteiger partial charge in [0, 0.05) is 0 Å². The number of benzene rings is 1. The van der Waals surface area contributed by atoms with E-state index in [0.717, 1.165) is 30.8 Å². The molecule has 1 aromatic rings. The number of imide groups is 1. The van der Waals surface area contributed by atoms with E-state index >= 15 is 0 Å². The number of amides is 3. The second-order valence-corrected chi connectivity index (χ2v) is 9.02. The zero-order valence-corrected chi connectivity index (χ0v) is 18.3. The number of carbonyl (C=O) groups is 3. The molecule has 1 atom stereocenters. The van der Waals surface area contributed by atoms with Crippen molar-refractivity contribution in [1.82, 2.24) is 0 Å². The van der Waals surface area contributed by atoms with Gasteiger partial charge in [0.05, 0.1) is 57.7 Å². The van der Waals surface area contributed by atoms with Crippen LogP contribution in [0.4, 0.5) is 5.69 Å². The fourth-order valence-electron chi connectivity index (χ4n) is 5.66. The van der Waals surface area contributed by atoms with Gasteiger partial charge in [-0.25, -0.2) is 4.90 Å². The first-order valence-corrected chi connectivity index (χ1v) is 11.6. The van der Waals surface area contributed by atoms with Crippen LogP contribution in [0.3, 0.4) is 0 Å². The lowest BCUT2D eigenvalue weighted by Gasteiger charge is -2.44. The van der Waals surface area contributed by atoms with Crippen LogP contribution < -0.4 is 25.2 Å². The maximum Gasteiger partial charge on any atom is 0.292 e. The van der Waals surface area contributed by atoms with Crippen molar-refractivity contribution in [2.24, 2.45) is 5.73 Å². The highest BCUT2D eigenvalue weighted by Crippen LogP contribution is 2.25. The number of carbonyl (C=O) groups excluding carboxylic acids is 3. The molecular formula is C23H34N4O4+2. The lowest BCUT2D eigenvalue weighted by Crippen LogP contribution is -3.27. The molecule has 0 unspecified atom stereocenters. The van der Waals surface area contributed by atoms with Crippen molar-refractivity contribution >= 4 is 23.4 Å². The molecule has 31 heavy (non-hydrogen) atoms. The van der Waals surface area contributed by atoms with Gasteiger partial charge in [0.25, 0.3) is 11.8 Å². The van der Waals surface area contributed by atoms with Crippen molar-refractivity contribution in [2.45, 2.75) is 57.0 Å². The van der Waals surface area contributed by atoms with Crippen LogP contribution in [0.1, 0.15) is 45.4 Å². The normalized spacial score (nSPS) is 29.9. The highest BCUT2D eigenvalue weighted by Gasteiger charge is 2.54. The van der Waals surface area contributed by atoms with Gasteiger partial charge < -0.3 is 20.3 Å². The molecule has 4 rings (SSSR count). The number of rotatable bonds is 6. The maximum absolute atomic E-state index is 13.2. The first-order chi connectivity index (χ1) is 15.0. The molecule has 0 saturated carbocycles. The minimum Gasteiger partial charge on any atom is -0.494 e. The van der Waals surface area contributed by atoms with Crippen LogP contribution in [0, 0.1) is 0 Å². The number of nitrogens with one attached hydrogen (secondary N) is 2. The second kappa shape index (κ2) is 8.96. The van der Waals surface area contributed by atoms with Gasteiger partial charge in [-0.1, -0.05) is 0 Å². The number of quaternary nitrogens is 2. The van der Waals surface area contributed by atoms with Gasteiger partial charge in [0.2, 0.25) is 5.91 Å². The molecule has 168 valence electrons. The number of nitrogens with zero attached hydrogens (tertiary/aromatic N) is 1. The van der Waals surface area contributed by atoms with Crippen LogP contribution in [0.2, 0.25) is 0 Å². The Hall–Kier alpha value is -2.45. The summed E-state index contributed by atoms with van der Waals surface area (Å²) in [6.07, 6.45) is 5.04. The molecule has 3 heterocycles. The molecule has 1 aromatic carbocycles. The standard InChI is InChI=1S/C23H32N4O4/c1-2-31-18-8-6-17(7-9-18)27-20(28)16-19(21(27)29)25-14-10-23(11-15-25,22(24)30)26-12-4-3-5-13-26/h6-9,19H,2-5,10-16H2,1H3,(H2,24,30)/p+2/t19-/m1/s1. The van der Waals surface area contributed by atoms with Crippen LogP contribution >= 0.6 is 0 Å². The molecule has 3 fully saturated rings. The molecule has 3 aliphatic rings. The zero-order chi connectivity index (χ0) is 22.0. The van der Waals surface area contributed by atoms with Crippen molar-refractivity contribution in [2.75, 3.05) is 37.7 Å².